The van der Waals surface area contributed by atoms with Crippen LogP contribution in [0.1, 0.15) is 28.2 Å². The van der Waals surface area contributed by atoms with Crippen molar-refractivity contribution in [2.45, 2.75) is 25.8 Å². The lowest BCUT2D eigenvalue weighted by molar-refractivity contribution is -0.137. The smallest absolute Gasteiger partial charge is 0.305 e. The van der Waals surface area contributed by atoms with Crippen molar-refractivity contribution in [1.29, 1.82) is 0 Å². The lowest BCUT2D eigenvalue weighted by Gasteiger charge is -2.16. The van der Waals surface area contributed by atoms with Crippen LogP contribution in [-0.4, -0.2) is 28.0 Å². The van der Waals surface area contributed by atoms with Crippen LogP contribution in [0.3, 0.4) is 0 Å². The number of hydrogen-bond donors (Lipinski definition) is 2. The molecule has 0 aliphatic carbocycles. The standard InChI is InChI=1S/C21H19FN2O4/c1-13-19(24-21(28-13)16-9-5-6-10-17(16)22)20(27)23-15(12-18(25)26)11-14-7-3-2-4-8-14/h2-10,15H,11-12H2,1H3,(H,23,27)(H,25,26). The van der Waals surface area contributed by atoms with E-state index in [4.69, 9.17) is 9.52 Å². The maximum absolute atomic E-state index is 13.9. The number of oxazole rings is 1. The van der Waals surface area contributed by atoms with Gasteiger partial charge in [-0.3, -0.25) is 9.59 Å². The normalized spacial score (nSPS) is 11.8. The van der Waals surface area contributed by atoms with E-state index in [1.165, 1.54) is 12.1 Å². The van der Waals surface area contributed by atoms with Gasteiger partial charge in [0.05, 0.1) is 12.0 Å². The van der Waals surface area contributed by atoms with Gasteiger partial charge >= 0.3 is 5.97 Å². The van der Waals surface area contributed by atoms with E-state index in [1.54, 1.807) is 19.1 Å². The number of carbonyl (C=O) groups excluding carboxylic acids is 1. The van der Waals surface area contributed by atoms with Gasteiger partial charge in [-0.2, -0.15) is 0 Å². The lowest BCUT2D eigenvalue weighted by atomic mass is 10.0. The zero-order chi connectivity index (χ0) is 20.1. The molecular weight excluding hydrogens is 363 g/mol. The van der Waals surface area contributed by atoms with Crippen LogP contribution in [0.4, 0.5) is 4.39 Å². The minimum atomic E-state index is -1.02. The molecule has 1 amide bonds. The summed E-state index contributed by atoms with van der Waals surface area (Å²) in [7, 11) is 0. The van der Waals surface area contributed by atoms with E-state index in [9.17, 15) is 14.0 Å². The average molecular weight is 382 g/mol. The molecule has 3 rings (SSSR count). The number of carbonyl (C=O) groups is 2. The molecule has 7 heteroatoms. The number of nitrogens with zero attached hydrogens (tertiary/aromatic N) is 1. The maximum Gasteiger partial charge on any atom is 0.305 e. The molecule has 0 saturated carbocycles. The quantitative estimate of drug-likeness (QED) is 0.651. The number of hydrogen-bond acceptors (Lipinski definition) is 4. The lowest BCUT2D eigenvalue weighted by Crippen LogP contribution is -2.38. The molecule has 6 nitrogen and oxygen atoms in total. The second-order valence-corrected chi connectivity index (χ2v) is 6.36. The van der Waals surface area contributed by atoms with Crippen LogP contribution >= 0.6 is 0 Å². The molecule has 2 aromatic carbocycles. The molecule has 1 unspecified atom stereocenters. The molecular formula is C21H19FN2O4. The Balaban J connectivity index is 1.80. The van der Waals surface area contributed by atoms with Gasteiger partial charge in [0.25, 0.3) is 5.91 Å². The average Bonchev–Trinajstić information content (AvgIpc) is 3.04. The first-order chi connectivity index (χ1) is 13.4. The number of aryl methyl sites for hydroxylation is 1. The predicted octanol–water partition coefficient (Wildman–Crippen LogP) is 3.60. The Labute approximate surface area is 161 Å². The molecule has 144 valence electrons. The third-order valence-electron chi connectivity index (χ3n) is 4.20. The van der Waals surface area contributed by atoms with Crippen LogP contribution in [0.15, 0.2) is 59.0 Å². The number of halogens is 1. The molecule has 1 atom stereocenters. The Hall–Kier alpha value is -3.48. The summed E-state index contributed by atoms with van der Waals surface area (Å²) >= 11 is 0. The van der Waals surface area contributed by atoms with Gasteiger partial charge in [0, 0.05) is 6.04 Å². The van der Waals surface area contributed by atoms with Gasteiger partial charge in [-0.25, -0.2) is 9.37 Å². The Morgan fingerprint density at radius 3 is 2.50 bits per heavy atom. The topological polar surface area (TPSA) is 92.4 Å². The molecule has 0 aliphatic rings. The molecule has 0 bridgehead atoms. The summed E-state index contributed by atoms with van der Waals surface area (Å²) in [5.41, 5.74) is 1.05. The van der Waals surface area contributed by atoms with E-state index in [0.29, 0.717) is 6.42 Å². The van der Waals surface area contributed by atoms with Crippen molar-refractivity contribution in [3.63, 3.8) is 0 Å². The van der Waals surface area contributed by atoms with Gasteiger partial charge in [0.2, 0.25) is 5.89 Å². The van der Waals surface area contributed by atoms with Gasteiger partial charge in [0.15, 0.2) is 5.69 Å². The Bertz CT molecular complexity index is 985. The highest BCUT2D eigenvalue weighted by atomic mass is 19.1. The largest absolute Gasteiger partial charge is 0.481 e. The zero-order valence-corrected chi connectivity index (χ0v) is 15.2. The van der Waals surface area contributed by atoms with E-state index in [-0.39, 0.29) is 29.3 Å². The first-order valence-electron chi connectivity index (χ1n) is 8.73. The van der Waals surface area contributed by atoms with Crippen molar-refractivity contribution in [1.82, 2.24) is 10.3 Å². The molecule has 0 radical (unpaired) electrons. The summed E-state index contributed by atoms with van der Waals surface area (Å²) in [6.07, 6.45) is 0.119. The molecule has 0 fully saturated rings. The first-order valence-corrected chi connectivity index (χ1v) is 8.73. The summed E-state index contributed by atoms with van der Waals surface area (Å²) in [6.45, 7) is 1.55. The van der Waals surface area contributed by atoms with Crippen molar-refractivity contribution in [3.8, 4) is 11.5 Å². The van der Waals surface area contributed by atoms with Crippen molar-refractivity contribution in [3.05, 3.63) is 77.4 Å². The van der Waals surface area contributed by atoms with E-state index in [0.717, 1.165) is 5.56 Å². The minimum absolute atomic E-state index is 0.00130. The van der Waals surface area contributed by atoms with Gasteiger partial charge < -0.3 is 14.8 Å². The molecule has 1 heterocycles. The number of carboxylic acids is 1. The fourth-order valence-electron chi connectivity index (χ4n) is 2.89. The molecule has 28 heavy (non-hydrogen) atoms. The van der Waals surface area contributed by atoms with Gasteiger partial charge in [-0.05, 0) is 31.0 Å². The van der Waals surface area contributed by atoms with Gasteiger partial charge in [0.1, 0.15) is 11.6 Å². The van der Waals surface area contributed by atoms with Crippen LogP contribution in [0.2, 0.25) is 0 Å². The first kappa shape index (κ1) is 19.3. The third-order valence-corrected chi connectivity index (χ3v) is 4.20. The fraction of sp³-hybridized carbons (Fsp3) is 0.190. The summed E-state index contributed by atoms with van der Waals surface area (Å²) in [6, 6.07) is 14.6. The van der Waals surface area contributed by atoms with Crippen molar-refractivity contribution in [2.75, 3.05) is 0 Å². The zero-order valence-electron chi connectivity index (χ0n) is 15.2. The second-order valence-electron chi connectivity index (χ2n) is 6.36. The highest BCUT2D eigenvalue weighted by Gasteiger charge is 2.23. The van der Waals surface area contributed by atoms with Gasteiger partial charge in [-0.15, -0.1) is 0 Å². The third kappa shape index (κ3) is 4.62. The summed E-state index contributed by atoms with van der Waals surface area (Å²) in [4.78, 5) is 28.0. The molecule has 0 spiro atoms. The van der Waals surface area contributed by atoms with E-state index < -0.39 is 23.7 Å². The Kier molecular flexibility index (Phi) is 5.84. The van der Waals surface area contributed by atoms with Crippen LogP contribution < -0.4 is 5.32 Å². The monoisotopic (exact) mass is 382 g/mol. The number of rotatable bonds is 7. The van der Waals surface area contributed by atoms with E-state index in [2.05, 4.69) is 10.3 Å². The van der Waals surface area contributed by atoms with Crippen molar-refractivity contribution in [2.24, 2.45) is 0 Å². The van der Waals surface area contributed by atoms with Crippen molar-refractivity contribution >= 4 is 11.9 Å². The van der Waals surface area contributed by atoms with Crippen LogP contribution in [-0.2, 0) is 11.2 Å². The van der Waals surface area contributed by atoms with E-state index >= 15 is 0 Å². The fourth-order valence-corrected chi connectivity index (χ4v) is 2.89. The van der Waals surface area contributed by atoms with Crippen LogP contribution in [0, 0.1) is 12.7 Å². The Morgan fingerprint density at radius 1 is 1.14 bits per heavy atom. The minimum Gasteiger partial charge on any atom is -0.481 e. The highest BCUT2D eigenvalue weighted by molar-refractivity contribution is 5.94. The van der Waals surface area contributed by atoms with E-state index in [1.807, 2.05) is 30.3 Å². The Morgan fingerprint density at radius 2 is 1.82 bits per heavy atom. The number of aliphatic carboxylic acids is 1. The summed E-state index contributed by atoms with van der Waals surface area (Å²) in [5.74, 6) is -1.87. The van der Waals surface area contributed by atoms with Crippen LogP contribution in [0.25, 0.3) is 11.5 Å². The van der Waals surface area contributed by atoms with Crippen LogP contribution in [0.5, 0.6) is 0 Å². The maximum atomic E-state index is 13.9. The number of aromatic nitrogens is 1. The molecule has 2 N–H and O–H groups in total. The highest BCUT2D eigenvalue weighted by Crippen LogP contribution is 2.24. The number of carboxylic acid groups (broad SMARTS) is 1. The molecule has 0 aliphatic heterocycles. The summed E-state index contributed by atoms with van der Waals surface area (Å²) < 4.78 is 19.4. The summed E-state index contributed by atoms with van der Waals surface area (Å²) in [5, 5.41) is 11.9. The molecule has 0 saturated heterocycles. The molecule has 1 aromatic heterocycles. The number of nitrogens with one attached hydrogen (secondary N) is 1. The second kappa shape index (κ2) is 8.47. The van der Waals surface area contributed by atoms with Gasteiger partial charge in [-0.1, -0.05) is 42.5 Å². The number of benzene rings is 2. The van der Waals surface area contributed by atoms with Crippen molar-refractivity contribution < 1.29 is 23.5 Å². The molecule has 3 aromatic rings. The SMILES string of the molecule is Cc1oc(-c2ccccc2F)nc1C(=O)NC(CC(=O)O)Cc1ccccc1. The predicted molar refractivity (Wildman–Crippen MR) is 100 cm³/mol. The number of amides is 1.